The van der Waals surface area contributed by atoms with Crippen LogP contribution in [-0.4, -0.2) is 45.4 Å². The number of aromatic nitrogens is 2. The van der Waals surface area contributed by atoms with Crippen LogP contribution in [0.1, 0.15) is 21.6 Å². The summed E-state index contributed by atoms with van der Waals surface area (Å²) in [4.78, 5) is 14.2. The first-order valence-electron chi connectivity index (χ1n) is 10.0. The van der Waals surface area contributed by atoms with Crippen molar-refractivity contribution >= 4 is 11.6 Å². The SMILES string of the molecule is N#Cc1ccc(NC(O)N2CCn3nc(-c4ccc5c(c4)OCO5)c(C(N)=O)c3C2)cc1. The third-order valence-electron chi connectivity index (χ3n) is 5.56. The molecule has 2 aliphatic rings. The summed E-state index contributed by atoms with van der Waals surface area (Å²) in [6.45, 7) is 1.42. The van der Waals surface area contributed by atoms with E-state index in [4.69, 9.17) is 20.5 Å². The van der Waals surface area contributed by atoms with Crippen molar-refractivity contribution < 1.29 is 19.4 Å². The molecule has 3 heterocycles. The number of hydrogen-bond donors (Lipinski definition) is 3. The quantitative estimate of drug-likeness (QED) is 0.515. The fraction of sp³-hybridized carbons (Fsp3) is 0.227. The molecule has 2 aliphatic heterocycles. The molecular weight excluding hydrogens is 412 g/mol. The highest BCUT2D eigenvalue weighted by atomic mass is 16.7. The molecule has 10 heteroatoms. The summed E-state index contributed by atoms with van der Waals surface area (Å²) >= 11 is 0. The van der Waals surface area contributed by atoms with Crippen LogP contribution in [0.2, 0.25) is 0 Å². The normalized spacial score (nSPS) is 15.6. The molecule has 5 rings (SSSR count). The number of benzene rings is 2. The minimum Gasteiger partial charge on any atom is -0.454 e. The van der Waals surface area contributed by atoms with Gasteiger partial charge in [0.05, 0.1) is 29.4 Å². The van der Waals surface area contributed by atoms with Gasteiger partial charge in [-0.15, -0.1) is 0 Å². The van der Waals surface area contributed by atoms with E-state index in [2.05, 4.69) is 16.5 Å². The number of primary amides is 1. The molecule has 0 fully saturated rings. The van der Waals surface area contributed by atoms with E-state index in [1.165, 1.54) is 0 Å². The third kappa shape index (κ3) is 3.49. The van der Waals surface area contributed by atoms with Gasteiger partial charge in [0.2, 0.25) is 6.79 Å². The van der Waals surface area contributed by atoms with Gasteiger partial charge in [0.25, 0.3) is 5.91 Å². The second kappa shape index (κ2) is 7.88. The number of nitrogens with two attached hydrogens (primary N) is 1. The van der Waals surface area contributed by atoms with Gasteiger partial charge in [-0.25, -0.2) is 0 Å². The molecule has 0 radical (unpaired) electrons. The van der Waals surface area contributed by atoms with Gasteiger partial charge < -0.3 is 25.6 Å². The van der Waals surface area contributed by atoms with Crippen molar-refractivity contribution in [3.05, 3.63) is 59.3 Å². The number of aliphatic hydroxyl groups excluding tert-OH is 1. The Morgan fingerprint density at radius 1 is 1.19 bits per heavy atom. The van der Waals surface area contributed by atoms with Crippen molar-refractivity contribution in [3.63, 3.8) is 0 Å². The maximum Gasteiger partial charge on any atom is 0.252 e. The van der Waals surface area contributed by atoms with E-state index in [1.54, 1.807) is 46.0 Å². The number of carbonyl (C=O) groups excluding carboxylic acids is 1. The lowest BCUT2D eigenvalue weighted by molar-refractivity contribution is 0.00610. The van der Waals surface area contributed by atoms with E-state index >= 15 is 0 Å². The van der Waals surface area contributed by atoms with Gasteiger partial charge in [0, 0.05) is 24.3 Å². The van der Waals surface area contributed by atoms with E-state index < -0.39 is 12.3 Å². The average molecular weight is 432 g/mol. The summed E-state index contributed by atoms with van der Waals surface area (Å²) < 4.78 is 12.6. The number of rotatable bonds is 5. The molecule has 162 valence electrons. The first-order valence-corrected chi connectivity index (χ1v) is 10.0. The molecule has 1 unspecified atom stereocenters. The standard InChI is InChI=1S/C22H20N6O4/c23-10-13-1-4-15(5-2-13)25-22(30)27-7-8-28-16(11-27)19(21(24)29)20(26-28)14-3-6-17-18(9-14)32-12-31-17/h1-6,9,22,25,30H,7-8,11-12H2,(H2,24,29). The molecule has 3 aromatic rings. The maximum atomic E-state index is 12.4. The van der Waals surface area contributed by atoms with Crippen molar-refractivity contribution in [2.24, 2.45) is 5.73 Å². The third-order valence-corrected chi connectivity index (χ3v) is 5.56. The summed E-state index contributed by atoms with van der Waals surface area (Å²) in [6, 6.07) is 14.2. The number of nitriles is 1. The van der Waals surface area contributed by atoms with Crippen LogP contribution in [0.5, 0.6) is 11.5 Å². The van der Waals surface area contributed by atoms with Gasteiger partial charge >= 0.3 is 0 Å². The average Bonchev–Trinajstić information content (AvgIpc) is 3.43. The van der Waals surface area contributed by atoms with Crippen molar-refractivity contribution in [2.75, 3.05) is 18.7 Å². The summed E-state index contributed by atoms with van der Waals surface area (Å²) in [5, 5.41) is 27.3. The Balaban J connectivity index is 1.41. The smallest absolute Gasteiger partial charge is 0.252 e. The zero-order chi connectivity index (χ0) is 22.2. The van der Waals surface area contributed by atoms with Gasteiger partial charge in [0.1, 0.15) is 5.69 Å². The first kappa shape index (κ1) is 19.9. The summed E-state index contributed by atoms with van der Waals surface area (Å²) in [5.74, 6) is 0.643. The Morgan fingerprint density at radius 2 is 1.97 bits per heavy atom. The highest BCUT2D eigenvalue weighted by Gasteiger charge is 2.30. The lowest BCUT2D eigenvalue weighted by Gasteiger charge is -2.32. The minimum atomic E-state index is -0.999. The van der Waals surface area contributed by atoms with Gasteiger partial charge in [-0.05, 0) is 42.5 Å². The largest absolute Gasteiger partial charge is 0.454 e. The molecule has 4 N–H and O–H groups in total. The van der Waals surface area contributed by atoms with Gasteiger partial charge in [-0.2, -0.15) is 10.4 Å². The highest BCUT2D eigenvalue weighted by Crippen LogP contribution is 2.37. The number of hydrogen-bond acceptors (Lipinski definition) is 8. The monoisotopic (exact) mass is 432 g/mol. The van der Waals surface area contributed by atoms with E-state index in [-0.39, 0.29) is 13.3 Å². The first-order chi connectivity index (χ1) is 15.5. The molecular formula is C22H20N6O4. The molecule has 0 aliphatic carbocycles. The fourth-order valence-electron chi connectivity index (χ4n) is 3.93. The fourth-order valence-corrected chi connectivity index (χ4v) is 3.93. The van der Waals surface area contributed by atoms with Crippen LogP contribution in [0.3, 0.4) is 0 Å². The topological polar surface area (TPSA) is 139 Å². The molecule has 10 nitrogen and oxygen atoms in total. The van der Waals surface area contributed by atoms with Crippen LogP contribution in [0.15, 0.2) is 42.5 Å². The molecule has 1 atom stereocenters. The Morgan fingerprint density at radius 3 is 2.72 bits per heavy atom. The second-order valence-electron chi connectivity index (χ2n) is 7.50. The van der Waals surface area contributed by atoms with Crippen LogP contribution < -0.4 is 20.5 Å². The summed E-state index contributed by atoms with van der Waals surface area (Å²) in [7, 11) is 0. The van der Waals surface area contributed by atoms with Gasteiger partial charge in [-0.1, -0.05) is 0 Å². The predicted octanol–water partition coefficient (Wildman–Crippen LogP) is 1.45. The van der Waals surface area contributed by atoms with Crippen LogP contribution >= 0.6 is 0 Å². The van der Waals surface area contributed by atoms with Crippen molar-refractivity contribution in [1.29, 1.82) is 5.26 Å². The minimum absolute atomic E-state index is 0.153. The predicted molar refractivity (Wildman–Crippen MR) is 114 cm³/mol. The van der Waals surface area contributed by atoms with Crippen molar-refractivity contribution in [2.45, 2.75) is 19.4 Å². The lowest BCUT2D eigenvalue weighted by Crippen LogP contribution is -2.45. The van der Waals surface area contributed by atoms with Crippen LogP contribution in [0.25, 0.3) is 11.3 Å². The van der Waals surface area contributed by atoms with E-state index in [9.17, 15) is 9.90 Å². The number of ether oxygens (including phenoxy) is 2. The number of anilines is 1. The molecule has 32 heavy (non-hydrogen) atoms. The van der Waals surface area contributed by atoms with Gasteiger partial charge in [0.15, 0.2) is 17.9 Å². The molecule has 1 aromatic heterocycles. The molecule has 0 spiro atoms. The van der Waals surface area contributed by atoms with Gasteiger partial charge in [-0.3, -0.25) is 14.4 Å². The highest BCUT2D eigenvalue weighted by molar-refractivity contribution is 6.00. The molecule has 1 amide bonds. The number of carbonyl (C=O) groups is 1. The van der Waals surface area contributed by atoms with Crippen molar-refractivity contribution in [3.8, 4) is 28.8 Å². The number of fused-ring (bicyclic) bond motifs is 2. The molecule has 0 saturated heterocycles. The maximum absolute atomic E-state index is 12.4. The lowest BCUT2D eigenvalue weighted by atomic mass is 10.0. The zero-order valence-corrected chi connectivity index (χ0v) is 17.0. The number of nitrogens with one attached hydrogen (secondary N) is 1. The Bertz CT molecular complexity index is 1230. The van der Waals surface area contributed by atoms with E-state index in [0.29, 0.717) is 58.4 Å². The zero-order valence-electron chi connectivity index (χ0n) is 17.0. The summed E-state index contributed by atoms with van der Waals surface area (Å²) in [6.07, 6.45) is -0.999. The van der Waals surface area contributed by atoms with Crippen LogP contribution in [0, 0.1) is 11.3 Å². The molecule has 0 bridgehead atoms. The number of amides is 1. The number of nitrogens with zero attached hydrogens (tertiary/aromatic N) is 4. The molecule has 0 saturated carbocycles. The summed E-state index contributed by atoms with van der Waals surface area (Å²) in [5.41, 5.74) is 9.07. The Hall–Kier alpha value is -4.07. The molecule has 2 aromatic carbocycles. The number of aliphatic hydroxyl groups is 1. The Labute approximate surface area is 183 Å². The van der Waals surface area contributed by atoms with Crippen molar-refractivity contribution in [1.82, 2.24) is 14.7 Å². The Kier molecular flexibility index (Phi) is 4.89. The second-order valence-corrected chi connectivity index (χ2v) is 7.50. The van der Waals surface area contributed by atoms with Crippen LogP contribution in [0.4, 0.5) is 5.69 Å². The van der Waals surface area contributed by atoms with E-state index in [1.807, 2.05) is 6.07 Å². The van der Waals surface area contributed by atoms with Crippen LogP contribution in [-0.2, 0) is 13.1 Å². The van der Waals surface area contributed by atoms with E-state index in [0.717, 1.165) is 0 Å².